The van der Waals surface area contributed by atoms with E-state index in [1.165, 1.54) is 0 Å². The van der Waals surface area contributed by atoms with Gasteiger partial charge in [0.2, 0.25) is 0 Å². The lowest BCUT2D eigenvalue weighted by Crippen LogP contribution is -2.24. The van der Waals surface area contributed by atoms with Gasteiger partial charge in [-0.05, 0) is 0 Å². The Hall–Kier alpha value is -1.13. The summed E-state index contributed by atoms with van der Waals surface area (Å²) in [7, 11) is -2.86. The van der Waals surface area contributed by atoms with Gasteiger partial charge < -0.3 is 0 Å². The van der Waals surface area contributed by atoms with Crippen molar-refractivity contribution < 1.29 is 0 Å². The molecule has 0 N–H and O–H groups in total. The first kappa shape index (κ1) is 12.9. The average molecular weight is 218 g/mol. The molecule has 0 aliphatic carbocycles. The van der Waals surface area contributed by atoms with Crippen LogP contribution in [0.15, 0.2) is 72.8 Å². The second-order valence-electron chi connectivity index (χ2n) is 3.02. The van der Waals surface area contributed by atoms with E-state index >= 15 is 0 Å². The normalized spacial score (nSPS) is 11.2. The summed E-state index contributed by atoms with van der Waals surface area (Å²) >= 11 is 0. The second-order valence-corrected chi connectivity index (χ2v) is 9.06. The highest BCUT2D eigenvalue weighted by molar-refractivity contribution is 6.98. The summed E-state index contributed by atoms with van der Waals surface area (Å²) in [6.07, 6.45) is 0. The topological polar surface area (TPSA) is 0 Å². The minimum atomic E-state index is -1.76. The summed E-state index contributed by atoms with van der Waals surface area (Å²) in [5, 5.41) is 0. The van der Waals surface area contributed by atoms with Crippen molar-refractivity contribution in [1.29, 1.82) is 0 Å². The van der Waals surface area contributed by atoms with Crippen LogP contribution in [0.2, 0.25) is 0 Å². The van der Waals surface area contributed by atoms with Gasteiger partial charge in [0.05, 0.1) is 0 Å². The Labute approximate surface area is 90.0 Å². The van der Waals surface area contributed by atoms with Crippen LogP contribution >= 0.6 is 0 Å². The first-order valence-corrected chi connectivity index (χ1v) is 8.84. The average Bonchev–Trinajstić information content (AvgIpc) is 2.26. The quantitative estimate of drug-likeness (QED) is 0.576. The van der Waals surface area contributed by atoms with Gasteiger partial charge in [0, 0.05) is 0 Å². The molecular formula is C12H18Si2. The third kappa shape index (κ3) is 3.32. The summed E-state index contributed by atoms with van der Waals surface area (Å²) in [5.41, 5.74) is 14.2. The van der Waals surface area contributed by atoms with E-state index < -0.39 is 16.9 Å². The fourth-order valence-corrected chi connectivity index (χ4v) is 4.62. The molecule has 0 unspecified atom stereocenters. The zero-order valence-electron chi connectivity index (χ0n) is 8.65. The molecule has 0 aromatic heterocycles. The Morgan fingerprint density at radius 1 is 0.786 bits per heavy atom. The molecule has 0 bridgehead atoms. The molecule has 0 saturated heterocycles. The molecule has 0 aromatic carbocycles. The minimum absolute atomic E-state index is 1.10. The third-order valence-electron chi connectivity index (χ3n) is 2.21. The Morgan fingerprint density at radius 3 is 1.50 bits per heavy atom. The van der Waals surface area contributed by atoms with Gasteiger partial charge in [-0.25, -0.2) is 0 Å². The summed E-state index contributed by atoms with van der Waals surface area (Å²) in [6.45, 7) is 19.1. The molecule has 0 spiro atoms. The Bertz CT molecular complexity index is 244. The summed E-state index contributed by atoms with van der Waals surface area (Å²) in [4.78, 5) is 0. The Morgan fingerprint density at radius 2 is 1.21 bits per heavy atom. The van der Waals surface area contributed by atoms with Crippen molar-refractivity contribution in [1.82, 2.24) is 0 Å². The summed E-state index contributed by atoms with van der Waals surface area (Å²) in [6, 6.07) is 0. The molecule has 74 valence electrons. The molecule has 0 fully saturated rings. The van der Waals surface area contributed by atoms with Crippen molar-refractivity contribution in [3.05, 3.63) is 72.8 Å². The lowest BCUT2D eigenvalue weighted by atomic mass is 11.2. The number of hydrogen-bond acceptors (Lipinski definition) is 0. The maximum Gasteiger partial charge on any atom is 0.148 e. The maximum atomic E-state index is 3.84. The summed E-state index contributed by atoms with van der Waals surface area (Å²) < 4.78 is 0. The van der Waals surface area contributed by atoms with Gasteiger partial charge in [-0.3, -0.25) is 0 Å². The van der Waals surface area contributed by atoms with Crippen LogP contribution in [0.5, 0.6) is 0 Å². The summed E-state index contributed by atoms with van der Waals surface area (Å²) in [5.74, 6) is 0. The predicted molar refractivity (Wildman–Crippen MR) is 73.0 cm³/mol. The molecule has 2 heteroatoms. The van der Waals surface area contributed by atoms with E-state index in [1.54, 1.807) is 0 Å². The van der Waals surface area contributed by atoms with Gasteiger partial charge in [0.15, 0.2) is 0 Å². The molecule has 0 radical (unpaired) electrons. The van der Waals surface area contributed by atoms with Crippen LogP contribution in [0.4, 0.5) is 0 Å². The maximum absolute atomic E-state index is 3.84. The zero-order chi connectivity index (χ0) is 11.0. The highest BCUT2D eigenvalue weighted by Crippen LogP contribution is 2.09. The zero-order valence-corrected chi connectivity index (χ0v) is 10.8. The minimum Gasteiger partial charge on any atom is -0.107 e. The first-order chi connectivity index (χ1) is 6.67. The van der Waals surface area contributed by atoms with Crippen LogP contribution < -0.4 is 0 Å². The first-order valence-electron chi connectivity index (χ1n) is 4.53. The van der Waals surface area contributed by atoms with Crippen LogP contribution in [-0.2, 0) is 0 Å². The van der Waals surface area contributed by atoms with Crippen molar-refractivity contribution in [2.45, 2.75) is 0 Å². The molecule has 0 aromatic rings. The van der Waals surface area contributed by atoms with Gasteiger partial charge >= 0.3 is 0 Å². The van der Waals surface area contributed by atoms with E-state index in [-0.39, 0.29) is 0 Å². The molecule has 0 rings (SSSR count). The highest BCUT2D eigenvalue weighted by atomic mass is 28.3. The van der Waals surface area contributed by atoms with Gasteiger partial charge in [0.1, 0.15) is 16.9 Å². The van der Waals surface area contributed by atoms with Crippen molar-refractivity contribution in [2.75, 3.05) is 0 Å². The Balaban J connectivity index is 4.82. The van der Waals surface area contributed by atoms with Crippen LogP contribution in [0.1, 0.15) is 0 Å². The molecule has 0 heterocycles. The van der Waals surface area contributed by atoms with Crippen molar-refractivity contribution in [2.24, 2.45) is 0 Å². The number of hydrogen-bond donors (Lipinski definition) is 0. The van der Waals surface area contributed by atoms with Crippen LogP contribution in [-0.4, -0.2) is 16.9 Å². The molecule has 0 saturated carbocycles. The van der Waals surface area contributed by atoms with Gasteiger partial charge in [-0.15, -0.1) is 32.9 Å². The molecule has 0 aliphatic rings. The molecule has 14 heavy (non-hydrogen) atoms. The van der Waals surface area contributed by atoms with Crippen molar-refractivity contribution in [3.8, 4) is 0 Å². The highest BCUT2D eigenvalue weighted by Gasteiger charge is 2.17. The second kappa shape index (κ2) is 6.35. The van der Waals surface area contributed by atoms with E-state index in [0.717, 1.165) is 0 Å². The van der Waals surface area contributed by atoms with Crippen molar-refractivity contribution in [3.63, 3.8) is 0 Å². The van der Waals surface area contributed by atoms with E-state index in [1.807, 2.05) is 28.5 Å². The monoisotopic (exact) mass is 218 g/mol. The SMILES string of the molecule is C=C[SiH](C=C)C=C[Si](C=C)(C=C)C=C. The van der Waals surface area contributed by atoms with Gasteiger partial charge in [0.25, 0.3) is 0 Å². The molecule has 0 nitrogen and oxygen atoms in total. The standard InChI is InChI=1S/C12H18Si2/c1-6-13(7-2)11-12-14(8-3,9-4)10-5/h6-13H,1-5H2. The van der Waals surface area contributed by atoms with Gasteiger partial charge in [-0.1, -0.05) is 39.9 Å². The Kier molecular flexibility index (Phi) is 5.84. The lowest BCUT2D eigenvalue weighted by molar-refractivity contribution is 2.04. The van der Waals surface area contributed by atoms with Gasteiger partial charge in [-0.2, -0.15) is 0 Å². The van der Waals surface area contributed by atoms with E-state index in [0.29, 0.717) is 0 Å². The predicted octanol–water partition coefficient (Wildman–Crippen LogP) is 2.92. The van der Waals surface area contributed by atoms with Crippen molar-refractivity contribution >= 4 is 16.9 Å². The largest absolute Gasteiger partial charge is 0.148 e. The fraction of sp³-hybridized carbons (Fsp3) is 0. The van der Waals surface area contributed by atoms with Crippen LogP contribution in [0.3, 0.4) is 0 Å². The number of rotatable bonds is 7. The van der Waals surface area contributed by atoms with E-state index in [2.05, 4.69) is 44.3 Å². The van der Waals surface area contributed by atoms with Crippen LogP contribution in [0.25, 0.3) is 0 Å². The van der Waals surface area contributed by atoms with Crippen LogP contribution in [0, 0.1) is 0 Å². The lowest BCUT2D eigenvalue weighted by Gasteiger charge is -2.14. The molecule has 0 atom stereocenters. The molecule has 0 amide bonds. The third-order valence-corrected chi connectivity index (χ3v) is 7.21. The van der Waals surface area contributed by atoms with E-state index in [9.17, 15) is 0 Å². The smallest absolute Gasteiger partial charge is 0.107 e. The molecular weight excluding hydrogens is 200 g/mol. The molecule has 0 aliphatic heterocycles. The fourth-order valence-electron chi connectivity index (χ4n) is 0.985. The van der Waals surface area contributed by atoms with E-state index in [4.69, 9.17) is 0 Å².